The predicted octanol–water partition coefficient (Wildman–Crippen LogP) is 3.51. The van der Waals surface area contributed by atoms with E-state index in [1.165, 1.54) is 33.0 Å². The summed E-state index contributed by atoms with van der Waals surface area (Å²) in [4.78, 5) is 30.3. The van der Waals surface area contributed by atoms with Crippen LogP contribution in [0.5, 0.6) is 17.2 Å². The molecule has 0 bridgehead atoms. The fourth-order valence-electron chi connectivity index (χ4n) is 3.56. The lowest BCUT2D eigenvalue weighted by molar-refractivity contribution is -0.158. The Morgan fingerprint density at radius 3 is 2.58 bits per heavy atom. The Hall–Kier alpha value is -2.76. The number of nitrogens with zero attached hydrogens (tertiary/aromatic N) is 1. The molecule has 0 radical (unpaired) electrons. The topological polar surface area (TPSA) is 116 Å². The molecule has 1 aliphatic rings. The van der Waals surface area contributed by atoms with Gasteiger partial charge in [-0.25, -0.2) is 4.79 Å². The average Bonchev–Trinajstić information content (AvgIpc) is 3.31. The Morgan fingerprint density at radius 2 is 1.92 bits per heavy atom. The largest absolute Gasteiger partial charge is 0.490 e. The van der Waals surface area contributed by atoms with Crippen LogP contribution >= 0.6 is 23.2 Å². The van der Waals surface area contributed by atoms with Crippen molar-refractivity contribution >= 4 is 35.1 Å². The number of ether oxygens (including phenoxy) is 4. The summed E-state index contributed by atoms with van der Waals surface area (Å²) in [7, 11) is 1.47. The minimum Gasteiger partial charge on any atom is -0.490 e. The van der Waals surface area contributed by atoms with Gasteiger partial charge in [-0.15, -0.1) is 0 Å². The van der Waals surface area contributed by atoms with Crippen LogP contribution in [0.15, 0.2) is 36.4 Å². The molecule has 10 nitrogen and oxygen atoms in total. The molecule has 1 saturated heterocycles. The predicted molar refractivity (Wildman–Crippen MR) is 141 cm³/mol. The van der Waals surface area contributed by atoms with Gasteiger partial charge in [0, 0.05) is 18.1 Å². The van der Waals surface area contributed by atoms with Crippen LogP contribution in [-0.4, -0.2) is 79.8 Å². The number of nitrogens with one attached hydrogen (secondary N) is 1. The highest BCUT2D eigenvalue weighted by atomic mass is 35.5. The Bertz CT molecular complexity index is 1110. The molecule has 38 heavy (non-hydrogen) atoms. The number of β-amino-alcohol motifs (C(OH)–C–C–N with tert-alkyl or cyclic N) is 1. The number of hydroxylamine groups is 2. The summed E-state index contributed by atoms with van der Waals surface area (Å²) in [5, 5.41) is 15.4. The van der Waals surface area contributed by atoms with E-state index in [0.717, 1.165) is 0 Å². The summed E-state index contributed by atoms with van der Waals surface area (Å²) in [6.45, 7) is 5.70. The zero-order valence-electron chi connectivity index (χ0n) is 21.7. The molecule has 0 aromatic heterocycles. The molecule has 208 valence electrons. The third kappa shape index (κ3) is 8.12. The first-order valence-electron chi connectivity index (χ1n) is 12.0. The zero-order valence-corrected chi connectivity index (χ0v) is 23.2. The summed E-state index contributed by atoms with van der Waals surface area (Å²) in [5.41, 5.74) is -1.21. The molecule has 1 aliphatic heterocycles. The van der Waals surface area contributed by atoms with Gasteiger partial charge in [0.05, 0.1) is 30.3 Å². The molecule has 0 saturated carbocycles. The minimum atomic E-state index is -1.34. The summed E-state index contributed by atoms with van der Waals surface area (Å²) in [5.74, 6) is -0.117. The van der Waals surface area contributed by atoms with Gasteiger partial charge in [0.15, 0.2) is 5.60 Å². The van der Waals surface area contributed by atoms with Crippen molar-refractivity contribution in [3.8, 4) is 17.2 Å². The molecule has 0 spiro atoms. The number of rotatable bonds is 12. The molecule has 1 fully saturated rings. The third-order valence-electron chi connectivity index (χ3n) is 5.45. The lowest BCUT2D eigenvalue weighted by atomic mass is 10.1. The van der Waals surface area contributed by atoms with E-state index in [1.807, 2.05) is 0 Å². The van der Waals surface area contributed by atoms with Crippen molar-refractivity contribution < 1.29 is 38.5 Å². The van der Waals surface area contributed by atoms with Gasteiger partial charge in [0.1, 0.15) is 42.7 Å². The van der Waals surface area contributed by atoms with Crippen molar-refractivity contribution in [2.45, 2.75) is 38.6 Å². The first-order chi connectivity index (χ1) is 18.0. The first kappa shape index (κ1) is 29.8. The molecular formula is C26H32Cl2N2O8. The van der Waals surface area contributed by atoms with Crippen molar-refractivity contribution in [3.05, 3.63) is 52.0 Å². The second-order valence-corrected chi connectivity index (χ2v) is 9.84. The van der Waals surface area contributed by atoms with Crippen molar-refractivity contribution in [2.75, 3.05) is 40.0 Å². The highest BCUT2D eigenvalue weighted by Gasteiger charge is 2.33. The summed E-state index contributed by atoms with van der Waals surface area (Å²) in [6, 6.07) is 9.81. The van der Waals surface area contributed by atoms with E-state index in [0.29, 0.717) is 23.9 Å². The normalized spacial score (nSPS) is 16.6. The highest BCUT2D eigenvalue weighted by molar-refractivity contribution is 6.32. The first-order valence-corrected chi connectivity index (χ1v) is 12.8. The van der Waals surface area contributed by atoms with Crippen LogP contribution < -0.4 is 19.5 Å². The monoisotopic (exact) mass is 570 g/mol. The van der Waals surface area contributed by atoms with Crippen LogP contribution in [0.2, 0.25) is 10.0 Å². The second kappa shape index (κ2) is 13.3. The Labute approximate surface area is 231 Å². The highest BCUT2D eigenvalue weighted by Crippen LogP contribution is 2.35. The molecule has 1 amide bonds. The zero-order chi connectivity index (χ0) is 27.9. The summed E-state index contributed by atoms with van der Waals surface area (Å²) in [6.07, 6.45) is -1.18. The molecule has 0 unspecified atom stereocenters. The Morgan fingerprint density at radius 1 is 1.21 bits per heavy atom. The SMILES string of the molecule is CCOC(=O)C(C)(C)Oc1cc(OC[C@H](O)CN2C[C@@H](Oc3ccc(Cl)cc3)CO2)c(C(=O)NC)cc1Cl. The molecule has 3 rings (SSSR count). The number of amides is 1. The number of aliphatic hydroxyl groups is 1. The molecular weight excluding hydrogens is 539 g/mol. The molecule has 0 aliphatic carbocycles. The quantitative estimate of drug-likeness (QED) is 0.370. The van der Waals surface area contributed by atoms with Gasteiger partial charge >= 0.3 is 5.97 Å². The van der Waals surface area contributed by atoms with E-state index >= 15 is 0 Å². The number of aliphatic hydroxyl groups excluding tert-OH is 1. The van der Waals surface area contributed by atoms with E-state index in [9.17, 15) is 14.7 Å². The molecule has 1 heterocycles. The number of hydrogen-bond acceptors (Lipinski definition) is 9. The Balaban J connectivity index is 1.62. The van der Waals surface area contributed by atoms with E-state index < -0.39 is 23.6 Å². The van der Waals surface area contributed by atoms with Gasteiger partial charge < -0.3 is 29.4 Å². The van der Waals surface area contributed by atoms with E-state index in [4.69, 9.17) is 47.0 Å². The lowest BCUT2D eigenvalue weighted by Crippen LogP contribution is -2.39. The number of halogens is 2. The maximum absolute atomic E-state index is 12.4. The minimum absolute atomic E-state index is 0.103. The summed E-state index contributed by atoms with van der Waals surface area (Å²) >= 11 is 12.2. The van der Waals surface area contributed by atoms with E-state index in [-0.39, 0.29) is 47.9 Å². The van der Waals surface area contributed by atoms with Gasteiger partial charge in [-0.1, -0.05) is 23.2 Å². The average molecular weight is 571 g/mol. The molecule has 2 N–H and O–H groups in total. The molecule has 12 heteroatoms. The second-order valence-electron chi connectivity index (χ2n) is 8.99. The third-order valence-corrected chi connectivity index (χ3v) is 6.00. The Kier molecular flexibility index (Phi) is 10.5. The van der Waals surface area contributed by atoms with Crippen molar-refractivity contribution in [2.24, 2.45) is 0 Å². The molecule has 2 aromatic rings. The van der Waals surface area contributed by atoms with Crippen LogP contribution in [0, 0.1) is 0 Å². The number of hydrogen-bond donors (Lipinski definition) is 2. The van der Waals surface area contributed by atoms with Crippen LogP contribution in [0.3, 0.4) is 0 Å². The van der Waals surface area contributed by atoms with Gasteiger partial charge in [-0.2, -0.15) is 5.06 Å². The smallest absolute Gasteiger partial charge is 0.349 e. The van der Waals surface area contributed by atoms with Crippen LogP contribution in [-0.2, 0) is 14.4 Å². The van der Waals surface area contributed by atoms with Gasteiger partial charge in [-0.05, 0) is 51.1 Å². The van der Waals surface area contributed by atoms with E-state index in [2.05, 4.69) is 5.32 Å². The van der Waals surface area contributed by atoms with Crippen LogP contribution in [0.1, 0.15) is 31.1 Å². The van der Waals surface area contributed by atoms with Crippen molar-refractivity contribution in [3.63, 3.8) is 0 Å². The fraction of sp³-hybridized carbons (Fsp3) is 0.462. The lowest BCUT2D eigenvalue weighted by Gasteiger charge is -2.25. The van der Waals surface area contributed by atoms with E-state index in [1.54, 1.807) is 36.3 Å². The number of esters is 1. The molecule has 2 atom stereocenters. The van der Waals surface area contributed by atoms with Gasteiger partial charge in [0.2, 0.25) is 0 Å². The molecule has 2 aromatic carbocycles. The van der Waals surface area contributed by atoms with Crippen molar-refractivity contribution in [1.29, 1.82) is 0 Å². The van der Waals surface area contributed by atoms with Crippen LogP contribution in [0.25, 0.3) is 0 Å². The maximum Gasteiger partial charge on any atom is 0.349 e. The summed E-state index contributed by atoms with van der Waals surface area (Å²) < 4.78 is 22.5. The maximum atomic E-state index is 12.4. The fourth-order valence-corrected chi connectivity index (χ4v) is 3.89. The number of carbonyl (C=O) groups is 2. The number of carbonyl (C=O) groups excluding carboxylic acids is 2. The van der Waals surface area contributed by atoms with Crippen molar-refractivity contribution in [1.82, 2.24) is 10.4 Å². The van der Waals surface area contributed by atoms with Crippen LogP contribution in [0.4, 0.5) is 0 Å². The van der Waals surface area contributed by atoms with Gasteiger partial charge in [-0.3, -0.25) is 9.63 Å². The number of benzene rings is 2. The standard InChI is InChI=1S/C26H32Cl2N2O8/c1-5-34-25(33)26(2,3)38-23-11-22(20(10-21(23)28)24(32)29-4)35-14-17(31)12-30-13-19(15-36-30)37-18-8-6-16(27)7-9-18/h6-11,17,19,31H,5,12-15H2,1-4H3,(H,29,32)/t17-,19-/m1/s1. The van der Waals surface area contributed by atoms with Gasteiger partial charge in [0.25, 0.3) is 5.91 Å².